The second-order valence-electron chi connectivity index (χ2n) is 4.14. The predicted molar refractivity (Wildman–Crippen MR) is 75.1 cm³/mol. The molecule has 17 heavy (non-hydrogen) atoms. The SMILES string of the molecule is CC(C)c1c[nH]c(=S)n1-c1cc(Cl)cc(Cl)c1. The van der Waals surface area contributed by atoms with Crippen LogP contribution in [0.3, 0.4) is 0 Å². The van der Waals surface area contributed by atoms with E-state index < -0.39 is 0 Å². The van der Waals surface area contributed by atoms with Crippen molar-refractivity contribution in [2.45, 2.75) is 19.8 Å². The third kappa shape index (κ3) is 2.57. The highest BCUT2D eigenvalue weighted by molar-refractivity contribution is 7.71. The molecule has 0 radical (unpaired) electrons. The van der Waals surface area contributed by atoms with Gasteiger partial charge in [-0.05, 0) is 36.3 Å². The number of hydrogen-bond acceptors (Lipinski definition) is 1. The molecule has 0 aliphatic rings. The Kier molecular flexibility index (Phi) is 3.61. The van der Waals surface area contributed by atoms with Gasteiger partial charge in [0.1, 0.15) is 0 Å². The standard InChI is InChI=1S/C12H12Cl2N2S/c1-7(2)11-6-15-12(17)16(11)10-4-8(13)3-9(14)5-10/h3-7H,1-2H3,(H,15,17). The summed E-state index contributed by atoms with van der Waals surface area (Å²) in [5.74, 6) is 0.362. The Morgan fingerprint density at radius 1 is 1.18 bits per heavy atom. The van der Waals surface area contributed by atoms with E-state index in [0.29, 0.717) is 20.7 Å². The Balaban J connectivity index is 2.67. The number of aromatic amines is 1. The Bertz CT molecular complexity index is 579. The highest BCUT2D eigenvalue weighted by atomic mass is 35.5. The van der Waals surface area contributed by atoms with Crippen molar-refractivity contribution in [1.82, 2.24) is 9.55 Å². The first kappa shape index (κ1) is 12.7. The monoisotopic (exact) mass is 286 g/mol. The number of rotatable bonds is 2. The quantitative estimate of drug-likeness (QED) is 0.774. The summed E-state index contributed by atoms with van der Waals surface area (Å²) in [5.41, 5.74) is 1.99. The van der Waals surface area contributed by atoms with Crippen LogP contribution in [0.4, 0.5) is 0 Å². The molecule has 90 valence electrons. The molecule has 5 heteroatoms. The summed E-state index contributed by atoms with van der Waals surface area (Å²) < 4.78 is 2.60. The molecule has 2 nitrogen and oxygen atoms in total. The average molecular weight is 287 g/mol. The molecule has 0 aliphatic carbocycles. The van der Waals surface area contributed by atoms with Crippen LogP contribution in [0.5, 0.6) is 0 Å². The van der Waals surface area contributed by atoms with E-state index >= 15 is 0 Å². The summed E-state index contributed by atoms with van der Waals surface area (Å²) in [5, 5.41) is 1.20. The molecule has 1 aromatic heterocycles. The maximum Gasteiger partial charge on any atom is 0.182 e. The van der Waals surface area contributed by atoms with E-state index in [0.717, 1.165) is 11.4 Å². The molecule has 0 bridgehead atoms. The molecule has 0 unspecified atom stereocenters. The zero-order chi connectivity index (χ0) is 12.6. The molecule has 1 heterocycles. The first-order valence-electron chi connectivity index (χ1n) is 5.26. The fraction of sp³-hybridized carbons (Fsp3) is 0.250. The fourth-order valence-corrected chi connectivity index (χ4v) is 2.53. The van der Waals surface area contributed by atoms with Gasteiger partial charge < -0.3 is 4.98 Å². The van der Waals surface area contributed by atoms with Gasteiger partial charge in [-0.25, -0.2) is 0 Å². The topological polar surface area (TPSA) is 20.7 Å². The van der Waals surface area contributed by atoms with Gasteiger partial charge in [0.05, 0.1) is 5.69 Å². The molecule has 0 amide bonds. The van der Waals surface area contributed by atoms with E-state index in [-0.39, 0.29) is 0 Å². The van der Waals surface area contributed by atoms with Crippen LogP contribution in [0, 0.1) is 4.77 Å². The van der Waals surface area contributed by atoms with Crippen LogP contribution in [-0.2, 0) is 0 Å². The van der Waals surface area contributed by atoms with E-state index in [9.17, 15) is 0 Å². The number of nitrogens with zero attached hydrogens (tertiary/aromatic N) is 1. The first-order valence-corrected chi connectivity index (χ1v) is 6.42. The summed E-state index contributed by atoms with van der Waals surface area (Å²) >= 11 is 17.3. The minimum Gasteiger partial charge on any atom is -0.337 e. The van der Waals surface area contributed by atoms with Gasteiger partial charge in [-0.3, -0.25) is 4.57 Å². The Hall–Kier alpha value is -0.770. The van der Waals surface area contributed by atoms with Gasteiger partial charge in [0.2, 0.25) is 0 Å². The van der Waals surface area contributed by atoms with Crippen molar-refractivity contribution >= 4 is 35.4 Å². The normalized spacial score (nSPS) is 11.1. The van der Waals surface area contributed by atoms with Crippen molar-refractivity contribution in [3.8, 4) is 5.69 Å². The molecule has 0 atom stereocenters. The lowest BCUT2D eigenvalue weighted by molar-refractivity contribution is 0.783. The van der Waals surface area contributed by atoms with Crippen molar-refractivity contribution in [2.24, 2.45) is 0 Å². The molecule has 0 saturated heterocycles. The molecular formula is C12H12Cl2N2S. The number of hydrogen-bond donors (Lipinski definition) is 1. The average Bonchev–Trinajstić information content (AvgIpc) is 2.58. The van der Waals surface area contributed by atoms with Crippen LogP contribution in [-0.4, -0.2) is 9.55 Å². The number of imidazole rings is 1. The molecule has 0 aliphatic heterocycles. The number of nitrogens with one attached hydrogen (secondary N) is 1. The van der Waals surface area contributed by atoms with Gasteiger partial charge >= 0.3 is 0 Å². The van der Waals surface area contributed by atoms with E-state index in [1.807, 2.05) is 22.9 Å². The van der Waals surface area contributed by atoms with Gasteiger partial charge in [-0.15, -0.1) is 0 Å². The smallest absolute Gasteiger partial charge is 0.182 e. The predicted octanol–water partition coefficient (Wildman–Crippen LogP) is 4.97. The summed E-state index contributed by atoms with van der Waals surface area (Å²) in [6.07, 6.45) is 1.92. The Labute approximate surface area is 115 Å². The second-order valence-corrected chi connectivity index (χ2v) is 5.40. The first-order chi connectivity index (χ1) is 7.99. The third-order valence-electron chi connectivity index (χ3n) is 2.50. The summed E-state index contributed by atoms with van der Waals surface area (Å²) in [4.78, 5) is 3.05. The second kappa shape index (κ2) is 4.84. The third-order valence-corrected chi connectivity index (χ3v) is 3.24. The van der Waals surface area contributed by atoms with Crippen molar-refractivity contribution in [1.29, 1.82) is 0 Å². The molecule has 0 saturated carbocycles. The van der Waals surface area contributed by atoms with Crippen molar-refractivity contribution in [3.05, 3.63) is 44.9 Å². The summed E-state index contributed by atoms with van der Waals surface area (Å²) in [7, 11) is 0. The van der Waals surface area contributed by atoms with Gasteiger partial charge in [0, 0.05) is 21.9 Å². The highest BCUT2D eigenvalue weighted by Crippen LogP contribution is 2.25. The van der Waals surface area contributed by atoms with Gasteiger partial charge in [-0.1, -0.05) is 37.0 Å². The molecule has 2 rings (SSSR count). The number of aromatic nitrogens is 2. The highest BCUT2D eigenvalue weighted by Gasteiger charge is 2.10. The minimum absolute atomic E-state index is 0.362. The zero-order valence-corrected chi connectivity index (χ0v) is 11.8. The van der Waals surface area contributed by atoms with Crippen molar-refractivity contribution < 1.29 is 0 Å². The van der Waals surface area contributed by atoms with E-state index in [1.54, 1.807) is 6.07 Å². The number of benzene rings is 1. The Morgan fingerprint density at radius 3 is 2.29 bits per heavy atom. The minimum atomic E-state index is 0.362. The lowest BCUT2D eigenvalue weighted by Gasteiger charge is -2.11. The van der Waals surface area contributed by atoms with Crippen LogP contribution in [0.1, 0.15) is 25.5 Å². The van der Waals surface area contributed by atoms with E-state index in [4.69, 9.17) is 35.4 Å². The number of halogens is 2. The van der Waals surface area contributed by atoms with Crippen LogP contribution in [0.25, 0.3) is 5.69 Å². The maximum atomic E-state index is 6.01. The van der Waals surface area contributed by atoms with Gasteiger partial charge in [0.15, 0.2) is 4.77 Å². The van der Waals surface area contributed by atoms with Crippen molar-refractivity contribution in [3.63, 3.8) is 0 Å². The Morgan fingerprint density at radius 2 is 1.76 bits per heavy atom. The lowest BCUT2D eigenvalue weighted by atomic mass is 10.1. The molecular weight excluding hydrogens is 275 g/mol. The molecule has 1 aromatic carbocycles. The fourth-order valence-electron chi connectivity index (χ4n) is 1.74. The van der Waals surface area contributed by atoms with Crippen LogP contribution in [0.15, 0.2) is 24.4 Å². The zero-order valence-electron chi connectivity index (χ0n) is 9.50. The lowest BCUT2D eigenvalue weighted by Crippen LogP contribution is -2.01. The van der Waals surface area contributed by atoms with Crippen LogP contribution in [0.2, 0.25) is 10.0 Å². The number of H-pyrrole nitrogens is 1. The largest absolute Gasteiger partial charge is 0.337 e. The summed E-state index contributed by atoms with van der Waals surface area (Å²) in [6.45, 7) is 4.22. The van der Waals surface area contributed by atoms with E-state index in [2.05, 4.69) is 18.8 Å². The van der Waals surface area contributed by atoms with Crippen LogP contribution < -0.4 is 0 Å². The molecule has 1 N–H and O–H groups in total. The van der Waals surface area contributed by atoms with E-state index in [1.165, 1.54) is 0 Å². The molecule has 0 spiro atoms. The van der Waals surface area contributed by atoms with Crippen LogP contribution >= 0.6 is 35.4 Å². The van der Waals surface area contributed by atoms with Gasteiger partial charge in [0.25, 0.3) is 0 Å². The van der Waals surface area contributed by atoms with Crippen molar-refractivity contribution in [2.75, 3.05) is 0 Å². The van der Waals surface area contributed by atoms with Gasteiger partial charge in [-0.2, -0.15) is 0 Å². The maximum absolute atomic E-state index is 6.01. The summed E-state index contributed by atoms with van der Waals surface area (Å²) in [6, 6.07) is 5.41. The molecule has 0 fully saturated rings. The molecule has 2 aromatic rings.